The molecule has 0 heterocycles. The number of carboxylic acids is 2. The Balaban J connectivity index is 0. The van der Waals surface area contributed by atoms with Crippen LogP contribution in [0.15, 0.2) is 9.98 Å². The highest BCUT2D eigenvalue weighted by Gasteiger charge is 2.19. The maximum Gasteiger partial charge on any atom is 0.326 e. The lowest BCUT2D eigenvalue weighted by molar-refractivity contribution is -0.142. The second-order valence-corrected chi connectivity index (χ2v) is 15.8. The zero-order valence-electron chi connectivity index (χ0n) is 36.7. The van der Waals surface area contributed by atoms with Crippen molar-refractivity contribution in [1.82, 2.24) is 10.6 Å². The predicted octanol–water partition coefficient (Wildman–Crippen LogP) is 8.65. The van der Waals surface area contributed by atoms with Gasteiger partial charge in [-0.05, 0) is 45.1 Å². The maximum absolute atomic E-state index is 12.0. The molecule has 0 saturated heterocycles. The van der Waals surface area contributed by atoms with Crippen molar-refractivity contribution in [3.8, 4) is 0 Å². The summed E-state index contributed by atoms with van der Waals surface area (Å²) in [7, 11) is 0. The first-order valence-corrected chi connectivity index (χ1v) is 23.1. The minimum absolute atomic E-state index is 0.0108. The Morgan fingerprint density at radius 1 is 0.456 bits per heavy atom. The van der Waals surface area contributed by atoms with Gasteiger partial charge in [0.25, 0.3) is 0 Å². The minimum Gasteiger partial charge on any atom is -0.480 e. The molecule has 1 amide bonds. The molecule has 13 heteroatoms. The Kier molecular flexibility index (Phi) is 43.3. The fourth-order valence-corrected chi connectivity index (χ4v) is 6.74. The van der Waals surface area contributed by atoms with E-state index in [2.05, 4.69) is 34.5 Å². The number of hydrogen-bond acceptors (Lipinski definition) is 6. The molecule has 0 aliphatic carbocycles. The molecule has 0 radical (unpaired) electrons. The Morgan fingerprint density at radius 2 is 0.772 bits per heavy atom. The number of rotatable bonds is 41. The number of unbranched alkanes of at least 4 members (excludes halogenated alkanes) is 25. The van der Waals surface area contributed by atoms with Gasteiger partial charge in [-0.2, -0.15) is 0 Å². The number of aliphatic imine (C=N–C) groups is 2. The van der Waals surface area contributed by atoms with E-state index < -0.39 is 24.0 Å². The number of carbonyl (C=O) groups excluding carboxylic acids is 1. The van der Waals surface area contributed by atoms with Gasteiger partial charge in [0, 0.05) is 19.5 Å². The molecule has 0 rings (SSSR count). The van der Waals surface area contributed by atoms with E-state index in [-0.39, 0.29) is 17.8 Å². The summed E-state index contributed by atoms with van der Waals surface area (Å²) < 4.78 is 0. The topological polar surface area (TPSA) is 245 Å². The standard InChI is InChI=1S/C22H44N4O3.C22H46N4O2/c1-2-3-4-5-6-7-8-9-10-11-12-13-14-17-20(27)26-19(21(28)29)16-15-18-25-22(23)24;1-2-3-4-5-6-7-8-9-10-11-12-13-14-15-18-25-20(21(27)28)17-16-19-26-22(23)24/h19H,2-18H2,1H3,(H,26,27)(H,28,29)(H4,23,24,25);20,25H,2-19H2,1H3,(H,27,28)(H4,23,24,26)/t19-;20-/m00/s1. The Bertz CT molecular complexity index is 990. The van der Waals surface area contributed by atoms with Gasteiger partial charge in [-0.15, -0.1) is 0 Å². The van der Waals surface area contributed by atoms with Gasteiger partial charge >= 0.3 is 11.9 Å². The van der Waals surface area contributed by atoms with Gasteiger partial charge in [-0.3, -0.25) is 19.6 Å². The highest BCUT2D eigenvalue weighted by Crippen LogP contribution is 2.14. The van der Waals surface area contributed by atoms with Crippen molar-refractivity contribution < 1.29 is 24.6 Å². The number of carbonyl (C=O) groups is 3. The molecule has 57 heavy (non-hydrogen) atoms. The molecule has 12 N–H and O–H groups in total. The van der Waals surface area contributed by atoms with E-state index in [0.717, 1.165) is 32.2 Å². The first kappa shape index (κ1) is 56.0. The predicted molar refractivity (Wildman–Crippen MR) is 239 cm³/mol. The number of nitrogens with one attached hydrogen (secondary N) is 2. The third-order valence-electron chi connectivity index (χ3n) is 10.3. The van der Waals surface area contributed by atoms with E-state index in [9.17, 15) is 24.6 Å². The monoisotopic (exact) mass is 811 g/mol. The first-order valence-electron chi connectivity index (χ1n) is 23.1. The molecule has 0 aromatic rings. The highest BCUT2D eigenvalue weighted by atomic mass is 16.4. The molecular formula is C44H90N8O5. The Labute approximate surface area is 348 Å². The Morgan fingerprint density at radius 3 is 1.11 bits per heavy atom. The average molecular weight is 811 g/mol. The number of aliphatic carboxylic acids is 2. The average Bonchev–Trinajstić information content (AvgIpc) is 3.16. The van der Waals surface area contributed by atoms with Crippen LogP contribution >= 0.6 is 0 Å². The second-order valence-electron chi connectivity index (χ2n) is 15.8. The van der Waals surface area contributed by atoms with Gasteiger partial charge in [0.15, 0.2) is 11.9 Å². The van der Waals surface area contributed by atoms with Crippen molar-refractivity contribution in [2.24, 2.45) is 32.9 Å². The third kappa shape index (κ3) is 45.5. The molecular weight excluding hydrogens is 721 g/mol. The summed E-state index contributed by atoms with van der Waals surface area (Å²) in [5.41, 5.74) is 21.0. The Hall–Kier alpha value is -3.09. The summed E-state index contributed by atoms with van der Waals surface area (Å²) in [4.78, 5) is 42.2. The van der Waals surface area contributed by atoms with Crippen molar-refractivity contribution in [3.63, 3.8) is 0 Å². The van der Waals surface area contributed by atoms with Crippen molar-refractivity contribution in [3.05, 3.63) is 0 Å². The number of carboxylic acid groups (broad SMARTS) is 2. The smallest absolute Gasteiger partial charge is 0.326 e. The lowest BCUT2D eigenvalue weighted by atomic mass is 10.0. The molecule has 13 nitrogen and oxygen atoms in total. The maximum atomic E-state index is 12.0. The van der Waals surface area contributed by atoms with Crippen molar-refractivity contribution in [1.29, 1.82) is 0 Å². The molecule has 0 aliphatic rings. The second kappa shape index (κ2) is 44.0. The summed E-state index contributed by atoms with van der Waals surface area (Å²) in [5.74, 6) is -1.96. The normalized spacial score (nSPS) is 11.9. The fourth-order valence-electron chi connectivity index (χ4n) is 6.74. The van der Waals surface area contributed by atoms with E-state index in [0.29, 0.717) is 45.2 Å². The molecule has 0 aromatic carbocycles. The summed E-state index contributed by atoms with van der Waals surface area (Å²) in [6, 6.07) is -1.38. The van der Waals surface area contributed by atoms with Gasteiger partial charge in [0.1, 0.15) is 12.1 Å². The molecule has 0 fully saturated rings. The van der Waals surface area contributed by atoms with Gasteiger partial charge in [-0.25, -0.2) is 4.79 Å². The summed E-state index contributed by atoms with van der Waals surface area (Å²) in [5, 5.41) is 24.2. The molecule has 0 unspecified atom stereocenters. The van der Waals surface area contributed by atoms with Crippen LogP contribution in [0.25, 0.3) is 0 Å². The molecule has 0 aliphatic heterocycles. The van der Waals surface area contributed by atoms with Crippen molar-refractivity contribution >= 4 is 29.8 Å². The van der Waals surface area contributed by atoms with Crippen LogP contribution in [0, 0.1) is 0 Å². The number of nitrogens with two attached hydrogens (primary N) is 4. The number of hydrogen-bond donors (Lipinski definition) is 8. The van der Waals surface area contributed by atoms with Crippen molar-refractivity contribution in [2.75, 3.05) is 19.6 Å². The zero-order chi connectivity index (χ0) is 42.6. The van der Waals surface area contributed by atoms with Crippen LogP contribution in [0.2, 0.25) is 0 Å². The highest BCUT2D eigenvalue weighted by molar-refractivity contribution is 5.83. The van der Waals surface area contributed by atoms with Crippen LogP contribution in [-0.4, -0.2) is 71.7 Å². The van der Waals surface area contributed by atoms with E-state index >= 15 is 0 Å². The molecule has 0 aromatic heterocycles. The largest absolute Gasteiger partial charge is 0.480 e. The quantitative estimate of drug-likeness (QED) is 0.0166. The summed E-state index contributed by atoms with van der Waals surface area (Å²) in [6.45, 7) is 6.12. The third-order valence-corrected chi connectivity index (χ3v) is 10.3. The van der Waals surface area contributed by atoms with E-state index in [1.807, 2.05) is 0 Å². The van der Waals surface area contributed by atoms with Crippen LogP contribution in [0.5, 0.6) is 0 Å². The van der Waals surface area contributed by atoms with Crippen LogP contribution < -0.4 is 33.6 Å². The van der Waals surface area contributed by atoms with Gasteiger partial charge in [-0.1, -0.05) is 174 Å². The number of amides is 1. The van der Waals surface area contributed by atoms with Crippen LogP contribution in [0.4, 0.5) is 0 Å². The van der Waals surface area contributed by atoms with E-state index in [1.54, 1.807) is 0 Å². The minimum atomic E-state index is -1.02. The van der Waals surface area contributed by atoms with Gasteiger partial charge < -0.3 is 43.8 Å². The van der Waals surface area contributed by atoms with E-state index in [4.69, 9.17) is 22.9 Å². The number of nitrogens with zero attached hydrogens (tertiary/aromatic N) is 2. The molecule has 0 bridgehead atoms. The molecule has 0 spiro atoms. The molecule has 2 atom stereocenters. The molecule has 336 valence electrons. The lowest BCUT2D eigenvalue weighted by Gasteiger charge is -2.14. The van der Waals surface area contributed by atoms with Gasteiger partial charge in [0.2, 0.25) is 5.91 Å². The lowest BCUT2D eigenvalue weighted by Crippen LogP contribution is -2.40. The SMILES string of the molecule is CCCCCCCCCCCCCCCC(=O)N[C@@H](CCCN=C(N)N)C(=O)O.CCCCCCCCCCCCCCCCN[C@@H](CCCN=C(N)N)C(=O)O. The fraction of sp³-hybridized carbons (Fsp3) is 0.886. The van der Waals surface area contributed by atoms with Crippen molar-refractivity contribution in [2.45, 2.75) is 231 Å². The van der Waals surface area contributed by atoms with Crippen LogP contribution in [0.3, 0.4) is 0 Å². The van der Waals surface area contributed by atoms with Gasteiger partial charge in [0.05, 0.1) is 0 Å². The van der Waals surface area contributed by atoms with Crippen LogP contribution in [-0.2, 0) is 14.4 Å². The molecule has 0 saturated carbocycles. The summed E-state index contributed by atoms with van der Waals surface area (Å²) in [6.07, 6.45) is 37.4. The first-order chi connectivity index (χ1) is 27.5. The zero-order valence-corrected chi connectivity index (χ0v) is 36.7. The van der Waals surface area contributed by atoms with E-state index in [1.165, 1.54) is 148 Å². The number of guanidine groups is 2. The van der Waals surface area contributed by atoms with Crippen LogP contribution in [0.1, 0.15) is 219 Å². The summed E-state index contributed by atoms with van der Waals surface area (Å²) >= 11 is 0.